The van der Waals surface area contributed by atoms with Gasteiger partial charge in [-0.3, -0.25) is 4.79 Å². The predicted molar refractivity (Wildman–Crippen MR) is 66.3 cm³/mol. The van der Waals surface area contributed by atoms with Crippen LogP contribution in [-0.2, 0) is 11.3 Å². The molecule has 0 radical (unpaired) electrons. The Kier molecular flexibility index (Phi) is 2.79. The van der Waals surface area contributed by atoms with Crippen molar-refractivity contribution in [3.05, 3.63) is 33.7 Å². The lowest BCUT2D eigenvalue weighted by Crippen LogP contribution is -2.26. The Bertz CT molecular complexity index is 468. The van der Waals surface area contributed by atoms with E-state index >= 15 is 0 Å². The molecule has 2 fully saturated rings. The third-order valence-electron chi connectivity index (χ3n) is 3.81. The van der Waals surface area contributed by atoms with Crippen molar-refractivity contribution < 1.29 is 4.74 Å². The lowest BCUT2D eigenvalue weighted by atomic mass is 10.1. The molecule has 1 aliphatic carbocycles. The van der Waals surface area contributed by atoms with Crippen molar-refractivity contribution in [2.75, 3.05) is 13.2 Å². The van der Waals surface area contributed by atoms with Crippen molar-refractivity contribution >= 4 is 0 Å². The third-order valence-corrected chi connectivity index (χ3v) is 3.81. The van der Waals surface area contributed by atoms with Gasteiger partial charge in [-0.1, -0.05) is 0 Å². The van der Waals surface area contributed by atoms with Crippen LogP contribution in [0.25, 0.3) is 0 Å². The van der Waals surface area contributed by atoms with Crippen LogP contribution in [0, 0.1) is 12.8 Å². The van der Waals surface area contributed by atoms with Gasteiger partial charge in [-0.2, -0.15) is 0 Å². The smallest absolute Gasteiger partial charge is 0.253 e. The molecule has 0 amide bonds. The molecular weight excluding hydrogens is 214 g/mol. The molecule has 92 valence electrons. The number of nitrogens with zero attached hydrogens (tertiary/aromatic N) is 1. The van der Waals surface area contributed by atoms with Gasteiger partial charge in [0.05, 0.1) is 6.61 Å². The van der Waals surface area contributed by atoms with E-state index < -0.39 is 0 Å². The molecule has 17 heavy (non-hydrogen) atoms. The molecule has 3 rings (SSSR count). The Hall–Kier alpha value is -1.09. The maximum absolute atomic E-state index is 12.1. The van der Waals surface area contributed by atoms with Crippen molar-refractivity contribution in [2.45, 2.75) is 38.6 Å². The maximum atomic E-state index is 12.1. The van der Waals surface area contributed by atoms with Crippen molar-refractivity contribution in [2.24, 2.45) is 5.92 Å². The summed E-state index contributed by atoms with van der Waals surface area (Å²) in [6, 6.07) is 2.07. The first-order valence-electron chi connectivity index (χ1n) is 6.53. The fourth-order valence-corrected chi connectivity index (χ4v) is 2.60. The first-order chi connectivity index (χ1) is 8.24. The van der Waals surface area contributed by atoms with E-state index in [1.807, 2.05) is 11.5 Å². The van der Waals surface area contributed by atoms with Gasteiger partial charge in [0.25, 0.3) is 5.56 Å². The molecule has 0 aromatic carbocycles. The van der Waals surface area contributed by atoms with Gasteiger partial charge in [0, 0.05) is 30.8 Å². The first kappa shape index (κ1) is 11.0. The summed E-state index contributed by atoms with van der Waals surface area (Å²) >= 11 is 0. The van der Waals surface area contributed by atoms with Crippen molar-refractivity contribution in [1.29, 1.82) is 0 Å². The average Bonchev–Trinajstić information content (AvgIpc) is 3.04. The molecule has 2 heterocycles. The fourth-order valence-electron chi connectivity index (χ4n) is 2.60. The van der Waals surface area contributed by atoms with Gasteiger partial charge in [0.2, 0.25) is 0 Å². The van der Waals surface area contributed by atoms with Crippen LogP contribution in [0.1, 0.15) is 36.3 Å². The van der Waals surface area contributed by atoms with E-state index in [9.17, 15) is 4.79 Å². The number of aromatic nitrogens is 1. The lowest BCUT2D eigenvalue weighted by molar-refractivity contribution is 0.182. The van der Waals surface area contributed by atoms with Crippen molar-refractivity contribution in [3.8, 4) is 0 Å². The molecule has 0 bridgehead atoms. The normalized spacial score (nSPS) is 24.2. The van der Waals surface area contributed by atoms with Crippen LogP contribution in [0.3, 0.4) is 0 Å². The highest BCUT2D eigenvalue weighted by Crippen LogP contribution is 2.39. The number of aryl methyl sites for hydroxylation is 1. The zero-order chi connectivity index (χ0) is 11.8. The minimum Gasteiger partial charge on any atom is -0.381 e. The van der Waals surface area contributed by atoms with E-state index in [-0.39, 0.29) is 5.56 Å². The summed E-state index contributed by atoms with van der Waals surface area (Å²) in [6.45, 7) is 4.40. The van der Waals surface area contributed by atoms with E-state index in [1.165, 1.54) is 18.4 Å². The van der Waals surface area contributed by atoms with Crippen LogP contribution in [0.2, 0.25) is 0 Å². The van der Waals surface area contributed by atoms with Gasteiger partial charge in [-0.15, -0.1) is 0 Å². The maximum Gasteiger partial charge on any atom is 0.253 e. The lowest BCUT2D eigenvalue weighted by Gasteiger charge is -2.13. The van der Waals surface area contributed by atoms with Crippen molar-refractivity contribution in [1.82, 2.24) is 4.57 Å². The Labute approximate surface area is 101 Å². The molecule has 1 atom stereocenters. The average molecular weight is 233 g/mol. The second-order valence-electron chi connectivity index (χ2n) is 5.42. The van der Waals surface area contributed by atoms with Gasteiger partial charge in [-0.05, 0) is 43.7 Å². The molecule has 3 heteroatoms. The predicted octanol–water partition coefficient (Wildman–Crippen LogP) is 2.07. The third kappa shape index (κ3) is 2.29. The Morgan fingerprint density at radius 3 is 2.88 bits per heavy atom. The summed E-state index contributed by atoms with van der Waals surface area (Å²) in [5.41, 5.74) is 2.40. The molecule has 0 spiro atoms. The Morgan fingerprint density at radius 2 is 2.24 bits per heavy atom. The van der Waals surface area contributed by atoms with Crippen LogP contribution in [0.5, 0.6) is 0 Å². The summed E-state index contributed by atoms with van der Waals surface area (Å²) in [4.78, 5) is 12.1. The highest BCUT2D eigenvalue weighted by molar-refractivity contribution is 5.25. The van der Waals surface area contributed by atoms with Crippen LogP contribution >= 0.6 is 0 Å². The van der Waals surface area contributed by atoms with Crippen molar-refractivity contribution in [3.63, 3.8) is 0 Å². The second-order valence-corrected chi connectivity index (χ2v) is 5.42. The molecular formula is C14H19NO2. The fraction of sp³-hybridized carbons (Fsp3) is 0.643. The van der Waals surface area contributed by atoms with Crippen LogP contribution in [0.4, 0.5) is 0 Å². The Morgan fingerprint density at radius 1 is 1.41 bits per heavy atom. The molecule has 2 aliphatic rings. The van der Waals surface area contributed by atoms with E-state index in [0.717, 1.165) is 31.7 Å². The van der Waals surface area contributed by atoms with E-state index in [0.29, 0.717) is 11.8 Å². The Balaban J connectivity index is 1.87. The van der Waals surface area contributed by atoms with E-state index in [2.05, 4.69) is 12.3 Å². The molecule has 1 aromatic heterocycles. The molecule has 3 nitrogen and oxygen atoms in total. The summed E-state index contributed by atoms with van der Waals surface area (Å²) < 4.78 is 7.28. The quantitative estimate of drug-likeness (QED) is 0.800. The van der Waals surface area contributed by atoms with Crippen LogP contribution in [-0.4, -0.2) is 17.8 Å². The summed E-state index contributed by atoms with van der Waals surface area (Å²) in [5, 5.41) is 0. The van der Waals surface area contributed by atoms with Crippen LogP contribution < -0.4 is 5.56 Å². The minimum atomic E-state index is 0.168. The van der Waals surface area contributed by atoms with Gasteiger partial charge in [0.1, 0.15) is 0 Å². The van der Waals surface area contributed by atoms with Gasteiger partial charge in [0.15, 0.2) is 0 Å². The van der Waals surface area contributed by atoms with E-state index in [1.54, 1.807) is 0 Å². The number of hydrogen-bond acceptors (Lipinski definition) is 2. The monoisotopic (exact) mass is 233 g/mol. The number of hydrogen-bond donors (Lipinski definition) is 0. The topological polar surface area (TPSA) is 31.2 Å². The SMILES string of the molecule is Cc1cc(C2CC2)cn(CC2CCOC2)c1=O. The minimum absolute atomic E-state index is 0.168. The van der Waals surface area contributed by atoms with E-state index in [4.69, 9.17) is 4.74 Å². The number of pyridine rings is 1. The molecule has 0 N–H and O–H groups in total. The van der Waals surface area contributed by atoms with Gasteiger partial charge < -0.3 is 9.30 Å². The highest BCUT2D eigenvalue weighted by atomic mass is 16.5. The zero-order valence-corrected chi connectivity index (χ0v) is 10.3. The first-order valence-corrected chi connectivity index (χ1v) is 6.53. The standard InChI is InChI=1S/C14H19NO2/c1-10-6-13(12-2-3-12)8-15(14(10)16)7-11-4-5-17-9-11/h6,8,11-12H,2-5,7,9H2,1H3. The van der Waals surface area contributed by atoms with Gasteiger partial charge in [-0.25, -0.2) is 0 Å². The molecule has 1 aromatic rings. The molecule has 1 aliphatic heterocycles. The molecule has 1 saturated heterocycles. The zero-order valence-electron chi connectivity index (χ0n) is 10.3. The largest absolute Gasteiger partial charge is 0.381 e. The second kappa shape index (κ2) is 4.30. The molecule has 1 unspecified atom stereocenters. The van der Waals surface area contributed by atoms with Crippen LogP contribution in [0.15, 0.2) is 17.1 Å². The van der Waals surface area contributed by atoms with Gasteiger partial charge >= 0.3 is 0 Å². The number of ether oxygens (including phenoxy) is 1. The summed E-state index contributed by atoms with van der Waals surface area (Å²) in [6.07, 6.45) is 5.72. The molecule has 1 saturated carbocycles. The highest BCUT2D eigenvalue weighted by Gasteiger charge is 2.25. The number of rotatable bonds is 3. The summed E-state index contributed by atoms with van der Waals surface area (Å²) in [7, 11) is 0. The summed E-state index contributed by atoms with van der Waals surface area (Å²) in [5.74, 6) is 1.22.